The van der Waals surface area contributed by atoms with E-state index in [4.69, 9.17) is 9.47 Å². The van der Waals surface area contributed by atoms with Crippen molar-refractivity contribution in [2.24, 2.45) is 17.8 Å². The van der Waals surface area contributed by atoms with E-state index in [0.29, 0.717) is 31.6 Å². The van der Waals surface area contributed by atoms with Crippen molar-refractivity contribution in [1.82, 2.24) is 14.7 Å². The van der Waals surface area contributed by atoms with Crippen LogP contribution in [0.2, 0.25) is 0 Å². The fourth-order valence-electron chi connectivity index (χ4n) is 6.46. The standard InChI is InChI=1S/C28H49N3O7/c1-16-14-28(5,36)25(38-27-24(34)21(29(6)7)12-17(2)37-27)18(3)23(33)19(4)26(35)31-11-9-10-20(31)13-22(32)30(8)15-16/h13,16-19,21,23-25,27,33-34,36H,9-12,14-15H2,1-8H3/b20-13+/t16-,17+,18-,19+,21-,23-,24+,25+,27-,28+/m0/s1. The normalized spacial score (nSPS) is 43.6. The van der Waals surface area contributed by atoms with Crippen LogP contribution in [-0.2, 0) is 19.1 Å². The van der Waals surface area contributed by atoms with Crippen LogP contribution in [0.1, 0.15) is 60.3 Å². The van der Waals surface area contributed by atoms with E-state index in [-0.39, 0.29) is 36.3 Å². The predicted molar refractivity (Wildman–Crippen MR) is 143 cm³/mol. The Kier molecular flexibility index (Phi) is 10.0. The quantitative estimate of drug-likeness (QED) is 0.489. The second-order valence-electron chi connectivity index (χ2n) is 12.4. The Morgan fingerprint density at radius 3 is 2.42 bits per heavy atom. The van der Waals surface area contributed by atoms with Gasteiger partial charge in [-0.2, -0.15) is 0 Å². The second kappa shape index (κ2) is 12.3. The average molecular weight is 540 g/mol. The van der Waals surface area contributed by atoms with Crippen LogP contribution in [0.15, 0.2) is 11.8 Å². The molecule has 0 spiro atoms. The van der Waals surface area contributed by atoms with Gasteiger partial charge in [0.25, 0.3) is 0 Å². The molecule has 0 aromatic rings. The van der Waals surface area contributed by atoms with E-state index in [1.165, 1.54) is 6.08 Å². The summed E-state index contributed by atoms with van der Waals surface area (Å²) in [6.07, 6.45) is -0.454. The highest BCUT2D eigenvalue weighted by Gasteiger charge is 2.48. The molecule has 0 bridgehead atoms. The van der Waals surface area contributed by atoms with Crippen molar-refractivity contribution in [3.63, 3.8) is 0 Å². The molecular weight excluding hydrogens is 490 g/mol. The third-order valence-electron chi connectivity index (χ3n) is 8.53. The molecule has 10 heteroatoms. The number of amides is 2. The van der Waals surface area contributed by atoms with Gasteiger partial charge >= 0.3 is 0 Å². The Bertz CT molecular complexity index is 879. The molecule has 2 amide bonds. The van der Waals surface area contributed by atoms with Gasteiger partial charge in [-0.1, -0.05) is 20.8 Å². The second-order valence-corrected chi connectivity index (χ2v) is 12.4. The molecule has 3 N–H and O–H groups in total. The molecule has 10 atom stereocenters. The molecule has 3 aliphatic rings. The lowest BCUT2D eigenvalue weighted by Gasteiger charge is -2.46. The summed E-state index contributed by atoms with van der Waals surface area (Å²) in [5.74, 6) is -2.02. The minimum absolute atomic E-state index is 0.0971. The smallest absolute Gasteiger partial charge is 0.248 e. The number of hydrogen-bond donors (Lipinski definition) is 3. The van der Waals surface area contributed by atoms with E-state index in [1.807, 2.05) is 32.8 Å². The van der Waals surface area contributed by atoms with E-state index in [2.05, 4.69) is 0 Å². The van der Waals surface area contributed by atoms with Crippen molar-refractivity contribution in [3.05, 3.63) is 11.8 Å². The molecule has 0 unspecified atom stereocenters. The zero-order valence-electron chi connectivity index (χ0n) is 24.3. The molecule has 0 radical (unpaired) electrons. The predicted octanol–water partition coefficient (Wildman–Crippen LogP) is 1.19. The van der Waals surface area contributed by atoms with Gasteiger partial charge in [-0.15, -0.1) is 0 Å². The van der Waals surface area contributed by atoms with Crippen molar-refractivity contribution >= 4 is 11.8 Å². The average Bonchev–Trinajstić information content (AvgIpc) is 3.28. The summed E-state index contributed by atoms with van der Waals surface area (Å²) >= 11 is 0. The molecule has 2 fully saturated rings. The number of likely N-dealkylation sites (N-methyl/N-ethyl adjacent to an activating group) is 2. The van der Waals surface area contributed by atoms with Gasteiger partial charge in [-0.05, 0) is 59.5 Å². The largest absolute Gasteiger partial charge is 0.392 e. The summed E-state index contributed by atoms with van der Waals surface area (Å²) in [5.41, 5.74) is -0.784. The van der Waals surface area contributed by atoms with E-state index >= 15 is 0 Å². The number of hydrogen-bond acceptors (Lipinski definition) is 8. The molecule has 2 saturated heterocycles. The summed E-state index contributed by atoms with van der Waals surface area (Å²) in [4.78, 5) is 31.6. The first-order valence-electron chi connectivity index (χ1n) is 14.0. The van der Waals surface area contributed by atoms with Crippen LogP contribution in [0, 0.1) is 17.8 Å². The number of fused-ring (bicyclic) bond motifs is 1. The minimum atomic E-state index is -1.46. The van der Waals surface area contributed by atoms with Crippen LogP contribution >= 0.6 is 0 Å². The third kappa shape index (κ3) is 6.77. The van der Waals surface area contributed by atoms with Crippen molar-refractivity contribution in [3.8, 4) is 0 Å². The van der Waals surface area contributed by atoms with Crippen LogP contribution in [0.4, 0.5) is 0 Å². The molecular formula is C28H49N3O7. The minimum Gasteiger partial charge on any atom is -0.392 e. The van der Waals surface area contributed by atoms with Crippen molar-refractivity contribution < 1.29 is 34.4 Å². The highest BCUT2D eigenvalue weighted by atomic mass is 16.7. The van der Waals surface area contributed by atoms with Gasteiger partial charge in [0, 0.05) is 43.9 Å². The Hall–Kier alpha value is -1.56. The number of carbonyl (C=O) groups excluding carboxylic acids is 2. The van der Waals surface area contributed by atoms with Crippen molar-refractivity contribution in [2.45, 2.75) is 103 Å². The van der Waals surface area contributed by atoms with E-state index in [0.717, 1.165) is 6.42 Å². The number of ether oxygens (including phenoxy) is 2. The van der Waals surface area contributed by atoms with Crippen molar-refractivity contribution in [1.29, 1.82) is 0 Å². The van der Waals surface area contributed by atoms with Crippen LogP contribution in [0.25, 0.3) is 0 Å². The van der Waals surface area contributed by atoms with Gasteiger partial charge in [0.1, 0.15) is 6.10 Å². The fourth-order valence-corrected chi connectivity index (χ4v) is 6.46. The van der Waals surface area contributed by atoms with Gasteiger partial charge in [0.2, 0.25) is 11.8 Å². The molecule has 38 heavy (non-hydrogen) atoms. The highest BCUT2D eigenvalue weighted by Crippen LogP contribution is 2.36. The van der Waals surface area contributed by atoms with Gasteiger partial charge < -0.3 is 39.5 Å². The van der Waals surface area contributed by atoms with Crippen LogP contribution in [0.3, 0.4) is 0 Å². The van der Waals surface area contributed by atoms with Gasteiger partial charge in [-0.3, -0.25) is 9.59 Å². The Balaban J connectivity index is 1.98. The maximum Gasteiger partial charge on any atom is 0.248 e. The molecule has 0 aromatic heterocycles. The van der Waals surface area contributed by atoms with Crippen LogP contribution < -0.4 is 0 Å². The number of nitrogens with zero attached hydrogens (tertiary/aromatic N) is 3. The lowest BCUT2D eigenvalue weighted by atomic mass is 9.77. The number of rotatable bonds is 3. The lowest BCUT2D eigenvalue weighted by molar-refractivity contribution is -0.299. The summed E-state index contributed by atoms with van der Waals surface area (Å²) in [5, 5.41) is 34.4. The van der Waals surface area contributed by atoms with E-state index in [1.54, 1.807) is 37.6 Å². The monoisotopic (exact) mass is 539 g/mol. The molecule has 0 saturated carbocycles. The molecule has 10 nitrogen and oxygen atoms in total. The summed E-state index contributed by atoms with van der Waals surface area (Å²) in [7, 11) is 5.50. The van der Waals surface area contributed by atoms with Gasteiger partial charge in [-0.25, -0.2) is 0 Å². The maximum absolute atomic E-state index is 13.5. The Labute approximate surface area is 227 Å². The zero-order chi connectivity index (χ0) is 28.5. The number of allylic oxidation sites excluding steroid dienone is 1. The number of carbonyl (C=O) groups is 2. The first kappa shape index (κ1) is 31.0. The van der Waals surface area contributed by atoms with Gasteiger partial charge in [0.15, 0.2) is 6.29 Å². The molecule has 3 rings (SSSR count). The number of aliphatic hydroxyl groups excluding tert-OH is 2. The zero-order valence-corrected chi connectivity index (χ0v) is 24.3. The van der Waals surface area contributed by atoms with E-state index in [9.17, 15) is 24.9 Å². The van der Waals surface area contributed by atoms with Crippen LogP contribution in [-0.4, -0.2) is 118 Å². The fraction of sp³-hybridized carbons (Fsp3) is 0.857. The summed E-state index contributed by atoms with van der Waals surface area (Å²) in [6, 6.07) is -0.202. The maximum atomic E-state index is 13.5. The van der Waals surface area contributed by atoms with Crippen LogP contribution in [0.5, 0.6) is 0 Å². The first-order chi connectivity index (χ1) is 17.6. The van der Waals surface area contributed by atoms with Gasteiger partial charge in [0.05, 0.1) is 29.8 Å². The highest BCUT2D eigenvalue weighted by molar-refractivity contribution is 5.90. The SMILES string of the molecule is C[C@@H]1CN(C)C(=O)/C=C2\CCCN2C(=O)[C@H](C)[C@@H](O)[C@H](C)[C@@H](O[C@@H]2O[C@H](C)C[C@H](N(C)C)[C@H]2O)[C@](C)(O)C1. The molecule has 0 aliphatic carbocycles. The van der Waals surface area contributed by atoms with E-state index < -0.39 is 42.0 Å². The summed E-state index contributed by atoms with van der Waals surface area (Å²) < 4.78 is 12.4. The molecule has 3 aliphatic heterocycles. The molecule has 3 heterocycles. The lowest BCUT2D eigenvalue weighted by Crippen LogP contribution is -2.59. The Morgan fingerprint density at radius 2 is 1.79 bits per heavy atom. The first-order valence-corrected chi connectivity index (χ1v) is 14.0. The molecule has 0 aromatic carbocycles. The third-order valence-corrected chi connectivity index (χ3v) is 8.53. The molecule has 218 valence electrons. The van der Waals surface area contributed by atoms with Crippen molar-refractivity contribution in [2.75, 3.05) is 34.2 Å². The summed E-state index contributed by atoms with van der Waals surface area (Å²) in [6.45, 7) is 9.85. The number of aliphatic hydroxyl groups is 3. The Morgan fingerprint density at radius 1 is 1.13 bits per heavy atom. The topological polar surface area (TPSA) is 123 Å².